The van der Waals surface area contributed by atoms with Crippen molar-refractivity contribution >= 4 is 18.5 Å². The van der Waals surface area contributed by atoms with Gasteiger partial charge < -0.3 is 4.90 Å². The zero-order chi connectivity index (χ0) is 15.0. The van der Waals surface area contributed by atoms with Crippen LogP contribution in [0.5, 0.6) is 0 Å². The second-order valence-electron chi connectivity index (χ2n) is 5.54. The van der Waals surface area contributed by atoms with Crippen LogP contribution in [0.1, 0.15) is 45.6 Å². The highest BCUT2D eigenvalue weighted by molar-refractivity contribution is 7.81. The van der Waals surface area contributed by atoms with Crippen LogP contribution in [0, 0.1) is 0 Å². The zero-order valence-corrected chi connectivity index (χ0v) is 13.8. The van der Waals surface area contributed by atoms with Gasteiger partial charge in [-0.15, -0.1) is 0 Å². The second kappa shape index (κ2) is 9.06. The Hall–Kier alpha value is -0.960. The maximum Gasteiger partial charge on any atom is 0.235 e. The molecule has 3 heteroatoms. The molecule has 1 rings (SSSR count). The molecule has 0 fully saturated rings. The normalized spacial score (nSPS) is 12.4. The van der Waals surface area contributed by atoms with Gasteiger partial charge >= 0.3 is 0 Å². The number of benzene rings is 1. The standard InChI is InChI=1S/C17H27NOS/c1-4-5-9-12-18(14(2)3)17(19)16(20)13-15-10-7-6-8-11-15/h6-8,10-11,14,16,20H,4-5,9,12-13H2,1-3H3. The summed E-state index contributed by atoms with van der Waals surface area (Å²) >= 11 is 4.52. The summed E-state index contributed by atoms with van der Waals surface area (Å²) in [5.74, 6) is 0.156. The lowest BCUT2D eigenvalue weighted by molar-refractivity contribution is -0.132. The average molecular weight is 293 g/mol. The fraction of sp³-hybridized carbons (Fsp3) is 0.588. The predicted octanol–water partition coefficient (Wildman–Crippen LogP) is 3.95. The van der Waals surface area contributed by atoms with E-state index in [0.29, 0.717) is 6.42 Å². The van der Waals surface area contributed by atoms with Crippen molar-refractivity contribution in [2.24, 2.45) is 0 Å². The van der Waals surface area contributed by atoms with Crippen LogP contribution in [-0.4, -0.2) is 28.6 Å². The lowest BCUT2D eigenvalue weighted by Gasteiger charge is -2.29. The van der Waals surface area contributed by atoms with Crippen molar-refractivity contribution in [3.8, 4) is 0 Å². The van der Waals surface area contributed by atoms with Gasteiger partial charge in [-0.1, -0.05) is 50.1 Å². The molecule has 1 unspecified atom stereocenters. The number of thiol groups is 1. The highest BCUT2D eigenvalue weighted by Gasteiger charge is 2.23. The lowest BCUT2D eigenvalue weighted by Crippen LogP contribution is -2.42. The Kier molecular flexibility index (Phi) is 7.75. The van der Waals surface area contributed by atoms with Gasteiger partial charge in [0, 0.05) is 12.6 Å². The minimum absolute atomic E-state index is 0.156. The molecule has 1 aromatic rings. The molecule has 0 aliphatic carbocycles. The molecule has 0 heterocycles. The number of unbranched alkanes of at least 4 members (excludes halogenated alkanes) is 2. The second-order valence-corrected chi connectivity index (χ2v) is 6.16. The highest BCUT2D eigenvalue weighted by atomic mass is 32.1. The van der Waals surface area contributed by atoms with Gasteiger partial charge in [0.1, 0.15) is 0 Å². The Morgan fingerprint density at radius 2 is 1.85 bits per heavy atom. The van der Waals surface area contributed by atoms with Gasteiger partial charge in [-0.3, -0.25) is 4.79 Å². The van der Waals surface area contributed by atoms with Crippen LogP contribution < -0.4 is 0 Å². The van der Waals surface area contributed by atoms with Crippen molar-refractivity contribution in [1.82, 2.24) is 4.90 Å². The van der Waals surface area contributed by atoms with E-state index in [4.69, 9.17) is 0 Å². The molecule has 1 aromatic carbocycles. The molecule has 1 amide bonds. The zero-order valence-electron chi connectivity index (χ0n) is 12.9. The first-order valence-electron chi connectivity index (χ1n) is 7.58. The quantitative estimate of drug-likeness (QED) is 0.568. The van der Waals surface area contributed by atoms with E-state index in [0.717, 1.165) is 18.5 Å². The molecule has 0 aliphatic rings. The number of hydrogen-bond donors (Lipinski definition) is 1. The van der Waals surface area contributed by atoms with Gasteiger partial charge in [-0.05, 0) is 32.3 Å². The van der Waals surface area contributed by atoms with E-state index < -0.39 is 0 Å². The highest BCUT2D eigenvalue weighted by Crippen LogP contribution is 2.13. The van der Waals surface area contributed by atoms with E-state index in [-0.39, 0.29) is 17.2 Å². The molecule has 0 aromatic heterocycles. The van der Waals surface area contributed by atoms with Crippen molar-refractivity contribution in [1.29, 1.82) is 0 Å². The third-order valence-electron chi connectivity index (χ3n) is 3.47. The molecule has 0 saturated heterocycles. The summed E-state index contributed by atoms with van der Waals surface area (Å²) in [7, 11) is 0. The van der Waals surface area contributed by atoms with E-state index in [1.807, 2.05) is 35.2 Å². The van der Waals surface area contributed by atoms with E-state index in [9.17, 15) is 4.79 Å². The number of nitrogens with zero attached hydrogens (tertiary/aromatic N) is 1. The number of rotatable bonds is 8. The van der Waals surface area contributed by atoms with Gasteiger partial charge in [0.2, 0.25) is 5.91 Å². The van der Waals surface area contributed by atoms with Gasteiger partial charge in [0.05, 0.1) is 5.25 Å². The van der Waals surface area contributed by atoms with E-state index in [1.165, 1.54) is 12.8 Å². The van der Waals surface area contributed by atoms with E-state index in [2.05, 4.69) is 33.4 Å². The van der Waals surface area contributed by atoms with Crippen LogP contribution in [-0.2, 0) is 11.2 Å². The molecule has 0 radical (unpaired) electrons. The third-order valence-corrected chi connectivity index (χ3v) is 3.87. The monoisotopic (exact) mass is 293 g/mol. The van der Waals surface area contributed by atoms with Gasteiger partial charge in [-0.2, -0.15) is 12.6 Å². The summed E-state index contributed by atoms with van der Waals surface area (Å²) in [6.07, 6.45) is 4.12. The summed E-state index contributed by atoms with van der Waals surface area (Å²) in [5, 5.41) is -0.249. The maximum atomic E-state index is 12.5. The van der Waals surface area contributed by atoms with E-state index in [1.54, 1.807) is 0 Å². The number of carbonyl (C=O) groups excluding carboxylic acids is 1. The van der Waals surface area contributed by atoms with Crippen molar-refractivity contribution in [2.75, 3.05) is 6.54 Å². The molecule has 0 N–H and O–H groups in total. The fourth-order valence-corrected chi connectivity index (χ4v) is 2.63. The maximum absolute atomic E-state index is 12.5. The number of carbonyl (C=O) groups is 1. The SMILES string of the molecule is CCCCCN(C(=O)C(S)Cc1ccccc1)C(C)C. The minimum Gasteiger partial charge on any atom is -0.339 e. The van der Waals surface area contributed by atoms with Crippen molar-refractivity contribution < 1.29 is 4.79 Å². The van der Waals surface area contributed by atoms with Gasteiger partial charge in [0.15, 0.2) is 0 Å². The van der Waals surface area contributed by atoms with Gasteiger partial charge in [-0.25, -0.2) is 0 Å². The fourth-order valence-electron chi connectivity index (χ4n) is 2.27. The molecule has 2 nitrogen and oxygen atoms in total. The molecule has 0 spiro atoms. The lowest BCUT2D eigenvalue weighted by atomic mass is 10.1. The molecule has 1 atom stereocenters. The average Bonchev–Trinajstić information content (AvgIpc) is 2.43. The third kappa shape index (κ3) is 5.58. The van der Waals surface area contributed by atoms with Crippen LogP contribution in [0.2, 0.25) is 0 Å². The number of hydrogen-bond acceptors (Lipinski definition) is 2. The Bertz CT molecular complexity index is 391. The Balaban J connectivity index is 2.59. The molecular weight excluding hydrogens is 266 g/mol. The Labute approximate surface area is 129 Å². The summed E-state index contributed by atoms with van der Waals surface area (Å²) < 4.78 is 0. The molecule has 0 saturated carbocycles. The first-order chi connectivity index (χ1) is 9.56. The Morgan fingerprint density at radius 3 is 2.40 bits per heavy atom. The number of amides is 1. The van der Waals surface area contributed by atoms with Gasteiger partial charge in [0.25, 0.3) is 0 Å². The van der Waals surface area contributed by atoms with Crippen LogP contribution in [0.3, 0.4) is 0 Å². The Morgan fingerprint density at radius 1 is 1.20 bits per heavy atom. The molecule has 0 bridgehead atoms. The molecule has 112 valence electrons. The largest absolute Gasteiger partial charge is 0.339 e. The summed E-state index contributed by atoms with van der Waals surface area (Å²) in [4.78, 5) is 14.5. The minimum atomic E-state index is -0.249. The van der Waals surface area contributed by atoms with Crippen molar-refractivity contribution in [3.63, 3.8) is 0 Å². The van der Waals surface area contributed by atoms with Crippen LogP contribution in [0.4, 0.5) is 0 Å². The smallest absolute Gasteiger partial charge is 0.235 e. The first kappa shape index (κ1) is 17.1. The summed E-state index contributed by atoms with van der Waals surface area (Å²) in [6.45, 7) is 7.17. The molecule has 20 heavy (non-hydrogen) atoms. The summed E-state index contributed by atoms with van der Waals surface area (Å²) in [5.41, 5.74) is 1.16. The first-order valence-corrected chi connectivity index (χ1v) is 8.10. The van der Waals surface area contributed by atoms with Crippen molar-refractivity contribution in [3.05, 3.63) is 35.9 Å². The van der Waals surface area contributed by atoms with E-state index >= 15 is 0 Å². The van der Waals surface area contributed by atoms with Crippen LogP contribution >= 0.6 is 12.6 Å². The molecule has 0 aliphatic heterocycles. The predicted molar refractivity (Wildman–Crippen MR) is 89.3 cm³/mol. The summed E-state index contributed by atoms with van der Waals surface area (Å²) in [6, 6.07) is 10.3. The molecular formula is C17H27NOS. The van der Waals surface area contributed by atoms with Crippen LogP contribution in [0.15, 0.2) is 30.3 Å². The topological polar surface area (TPSA) is 20.3 Å². The van der Waals surface area contributed by atoms with Crippen LogP contribution in [0.25, 0.3) is 0 Å². The van der Waals surface area contributed by atoms with Crippen molar-refractivity contribution in [2.45, 2.75) is 57.7 Å².